The molecular formula is C7H7F3N2O. The number of hydrogen-bond acceptors (Lipinski definition) is 2. The van der Waals surface area contributed by atoms with Crippen molar-refractivity contribution in [3.8, 4) is 0 Å². The Morgan fingerprint density at radius 1 is 1.62 bits per heavy atom. The molecule has 1 aromatic rings. The molecule has 0 aromatic carbocycles. The molecule has 13 heavy (non-hydrogen) atoms. The Balaban J connectivity index is 2.93. The summed E-state index contributed by atoms with van der Waals surface area (Å²) < 4.78 is 36.0. The Labute approximate surface area is 71.9 Å². The molecule has 0 aliphatic rings. The average molecular weight is 192 g/mol. The van der Waals surface area contributed by atoms with Crippen LogP contribution in [0.3, 0.4) is 0 Å². The van der Waals surface area contributed by atoms with Gasteiger partial charge in [-0.25, -0.2) is 0 Å². The molecular weight excluding hydrogens is 185 g/mol. The minimum atomic E-state index is -4.47. The molecule has 0 unspecified atom stereocenters. The molecule has 0 radical (unpaired) electrons. The molecule has 0 amide bonds. The van der Waals surface area contributed by atoms with Crippen LogP contribution in [0.5, 0.6) is 0 Å². The highest BCUT2D eigenvalue weighted by atomic mass is 19.4. The number of ketones is 1. The van der Waals surface area contributed by atoms with Gasteiger partial charge in [0.15, 0.2) is 5.78 Å². The van der Waals surface area contributed by atoms with Crippen molar-refractivity contribution in [2.24, 2.45) is 0 Å². The molecule has 1 rings (SSSR count). The number of aromatic amines is 1. The smallest absolute Gasteiger partial charge is 0.292 e. The fourth-order valence-electron chi connectivity index (χ4n) is 0.791. The van der Waals surface area contributed by atoms with E-state index in [4.69, 9.17) is 0 Å². The van der Waals surface area contributed by atoms with Crippen LogP contribution in [0.4, 0.5) is 13.2 Å². The Morgan fingerprint density at radius 2 is 2.23 bits per heavy atom. The van der Waals surface area contributed by atoms with E-state index in [-0.39, 0.29) is 12.1 Å². The minimum absolute atomic E-state index is 0.141. The fourth-order valence-corrected chi connectivity index (χ4v) is 0.791. The normalized spacial score (nSPS) is 11.7. The summed E-state index contributed by atoms with van der Waals surface area (Å²) in [5, 5.41) is 5.02. The van der Waals surface area contributed by atoms with Gasteiger partial charge in [-0.2, -0.15) is 18.3 Å². The quantitative estimate of drug-likeness (QED) is 0.728. The molecule has 0 atom stereocenters. The number of Topliss-reactive ketones (excluding diaryl/α,β-unsaturated/α-hetero) is 1. The predicted octanol–water partition coefficient (Wildman–Crippen LogP) is 2.02. The zero-order valence-electron chi connectivity index (χ0n) is 6.77. The van der Waals surface area contributed by atoms with Crippen molar-refractivity contribution in [3.05, 3.63) is 17.5 Å². The molecule has 0 bridgehead atoms. The van der Waals surface area contributed by atoms with Gasteiger partial charge in [0.1, 0.15) is 11.4 Å². The van der Waals surface area contributed by atoms with Crippen molar-refractivity contribution in [2.45, 2.75) is 19.5 Å². The van der Waals surface area contributed by atoms with Gasteiger partial charge in [0.05, 0.1) is 0 Å². The zero-order chi connectivity index (χ0) is 10.1. The van der Waals surface area contributed by atoms with Crippen LogP contribution in [-0.2, 0) is 6.18 Å². The number of alkyl halides is 3. The van der Waals surface area contributed by atoms with Crippen molar-refractivity contribution in [1.82, 2.24) is 10.2 Å². The number of nitrogens with zero attached hydrogens (tertiary/aromatic N) is 1. The highest BCUT2D eigenvalue weighted by Crippen LogP contribution is 2.27. The van der Waals surface area contributed by atoms with E-state index >= 15 is 0 Å². The monoisotopic (exact) mass is 192 g/mol. The summed E-state index contributed by atoms with van der Waals surface area (Å²) in [6.07, 6.45) is -4.33. The summed E-state index contributed by atoms with van der Waals surface area (Å²) in [5.74, 6) is -0.410. The van der Waals surface area contributed by atoms with Gasteiger partial charge in [0.25, 0.3) is 0 Å². The van der Waals surface area contributed by atoms with Gasteiger partial charge in [-0.1, -0.05) is 6.92 Å². The SMILES string of the molecule is CCC(=O)c1cc(C(F)(F)F)[nH]n1. The molecule has 72 valence electrons. The van der Waals surface area contributed by atoms with E-state index in [0.717, 1.165) is 0 Å². The van der Waals surface area contributed by atoms with Gasteiger partial charge >= 0.3 is 6.18 Å². The van der Waals surface area contributed by atoms with Crippen LogP contribution in [-0.4, -0.2) is 16.0 Å². The van der Waals surface area contributed by atoms with Crippen LogP contribution in [0.15, 0.2) is 6.07 Å². The molecule has 0 fully saturated rings. The highest BCUT2D eigenvalue weighted by Gasteiger charge is 2.33. The molecule has 0 aliphatic heterocycles. The van der Waals surface area contributed by atoms with E-state index < -0.39 is 17.7 Å². The van der Waals surface area contributed by atoms with Crippen LogP contribution < -0.4 is 0 Å². The number of aromatic nitrogens is 2. The average Bonchev–Trinajstić information content (AvgIpc) is 2.50. The van der Waals surface area contributed by atoms with Crippen LogP contribution >= 0.6 is 0 Å². The summed E-state index contributed by atoms with van der Waals surface area (Å²) in [7, 11) is 0. The lowest BCUT2D eigenvalue weighted by molar-refractivity contribution is -0.141. The van der Waals surface area contributed by atoms with E-state index in [9.17, 15) is 18.0 Å². The maximum atomic E-state index is 12.0. The van der Waals surface area contributed by atoms with E-state index in [2.05, 4.69) is 5.10 Å². The zero-order valence-corrected chi connectivity index (χ0v) is 6.77. The third-order valence-electron chi connectivity index (χ3n) is 1.49. The fraction of sp³-hybridized carbons (Fsp3) is 0.429. The second kappa shape index (κ2) is 3.20. The van der Waals surface area contributed by atoms with Crippen LogP contribution in [0.1, 0.15) is 29.5 Å². The topological polar surface area (TPSA) is 45.8 Å². The molecule has 0 saturated carbocycles. The van der Waals surface area contributed by atoms with Crippen molar-refractivity contribution < 1.29 is 18.0 Å². The first kappa shape index (κ1) is 9.76. The van der Waals surface area contributed by atoms with Crippen LogP contribution in [0, 0.1) is 0 Å². The summed E-state index contributed by atoms with van der Waals surface area (Å²) in [4.78, 5) is 10.9. The molecule has 0 aliphatic carbocycles. The molecule has 1 heterocycles. The first-order chi connectivity index (χ1) is 5.95. The number of nitrogens with one attached hydrogen (secondary N) is 1. The number of rotatable bonds is 2. The first-order valence-corrected chi connectivity index (χ1v) is 3.61. The summed E-state index contributed by atoms with van der Waals surface area (Å²) in [5.41, 5.74) is -1.17. The Morgan fingerprint density at radius 3 is 2.62 bits per heavy atom. The molecule has 3 nitrogen and oxygen atoms in total. The minimum Gasteiger partial charge on any atom is -0.292 e. The summed E-state index contributed by atoms with van der Waals surface area (Å²) in [6, 6.07) is 0.714. The second-order valence-corrected chi connectivity index (χ2v) is 2.44. The van der Waals surface area contributed by atoms with Crippen molar-refractivity contribution in [1.29, 1.82) is 0 Å². The van der Waals surface area contributed by atoms with Gasteiger partial charge in [0.2, 0.25) is 0 Å². The number of carbonyl (C=O) groups is 1. The predicted molar refractivity (Wildman–Crippen MR) is 38.2 cm³/mol. The third kappa shape index (κ3) is 2.07. The number of H-pyrrole nitrogens is 1. The Kier molecular flexibility index (Phi) is 2.40. The van der Waals surface area contributed by atoms with Crippen LogP contribution in [0.25, 0.3) is 0 Å². The molecule has 1 aromatic heterocycles. The third-order valence-corrected chi connectivity index (χ3v) is 1.49. The molecule has 0 saturated heterocycles. The number of hydrogen-bond donors (Lipinski definition) is 1. The van der Waals surface area contributed by atoms with Gasteiger partial charge in [0, 0.05) is 6.42 Å². The lowest BCUT2D eigenvalue weighted by Crippen LogP contribution is -2.04. The van der Waals surface area contributed by atoms with Gasteiger partial charge in [-0.15, -0.1) is 0 Å². The number of halogens is 3. The maximum Gasteiger partial charge on any atom is 0.432 e. The van der Waals surface area contributed by atoms with Gasteiger partial charge in [-0.05, 0) is 6.07 Å². The first-order valence-electron chi connectivity index (χ1n) is 3.61. The van der Waals surface area contributed by atoms with Crippen molar-refractivity contribution >= 4 is 5.78 Å². The second-order valence-electron chi connectivity index (χ2n) is 2.44. The largest absolute Gasteiger partial charge is 0.432 e. The standard InChI is InChI=1S/C7H7F3N2O/c1-2-5(13)4-3-6(12-11-4)7(8,9)10/h3H,2H2,1H3,(H,11,12). The summed E-state index contributed by atoms with van der Waals surface area (Å²) in [6.45, 7) is 1.56. The Hall–Kier alpha value is -1.33. The van der Waals surface area contributed by atoms with E-state index in [1.165, 1.54) is 0 Å². The lowest BCUT2D eigenvalue weighted by Gasteiger charge is -1.99. The van der Waals surface area contributed by atoms with E-state index in [1.54, 1.807) is 12.0 Å². The Bertz CT molecular complexity index is 316. The number of carbonyl (C=O) groups excluding carboxylic acids is 1. The lowest BCUT2D eigenvalue weighted by atomic mass is 10.2. The van der Waals surface area contributed by atoms with Gasteiger partial charge < -0.3 is 0 Å². The molecule has 1 N–H and O–H groups in total. The van der Waals surface area contributed by atoms with E-state index in [0.29, 0.717) is 6.07 Å². The highest BCUT2D eigenvalue weighted by molar-refractivity contribution is 5.94. The molecule has 0 spiro atoms. The van der Waals surface area contributed by atoms with E-state index in [1.807, 2.05) is 0 Å². The van der Waals surface area contributed by atoms with Crippen LogP contribution in [0.2, 0.25) is 0 Å². The van der Waals surface area contributed by atoms with Crippen molar-refractivity contribution in [3.63, 3.8) is 0 Å². The van der Waals surface area contributed by atoms with Gasteiger partial charge in [-0.3, -0.25) is 9.89 Å². The maximum absolute atomic E-state index is 12.0. The van der Waals surface area contributed by atoms with Crippen molar-refractivity contribution in [2.75, 3.05) is 0 Å². The molecule has 6 heteroatoms. The summed E-state index contributed by atoms with van der Waals surface area (Å²) >= 11 is 0.